The van der Waals surface area contributed by atoms with Gasteiger partial charge in [0.25, 0.3) is 5.69 Å². The van der Waals surface area contributed by atoms with Crippen LogP contribution >= 0.6 is 0 Å². The van der Waals surface area contributed by atoms with E-state index in [4.69, 9.17) is 0 Å². The van der Waals surface area contributed by atoms with E-state index in [2.05, 4.69) is 0 Å². The van der Waals surface area contributed by atoms with E-state index >= 15 is 0 Å². The van der Waals surface area contributed by atoms with E-state index in [0.717, 1.165) is 0 Å². The van der Waals surface area contributed by atoms with E-state index in [1.165, 1.54) is 23.1 Å². The van der Waals surface area contributed by atoms with E-state index < -0.39 is 4.92 Å². The van der Waals surface area contributed by atoms with E-state index in [1.807, 2.05) is 13.8 Å². The molecule has 0 aliphatic rings. The first-order chi connectivity index (χ1) is 9.94. The molecule has 114 valence electrons. The summed E-state index contributed by atoms with van der Waals surface area (Å²) in [7, 11) is 1.62. The Kier molecular flexibility index (Phi) is 5.83. The number of carbonyl (C=O) groups is 2. The maximum absolute atomic E-state index is 12.1. The monoisotopic (exact) mass is 293 g/mol. The number of aldehydes is 1. The summed E-state index contributed by atoms with van der Waals surface area (Å²) < 4.78 is 0. The van der Waals surface area contributed by atoms with Crippen molar-refractivity contribution in [3.8, 4) is 0 Å². The summed E-state index contributed by atoms with van der Waals surface area (Å²) in [6, 6.07) is 4.19. The fourth-order valence-corrected chi connectivity index (χ4v) is 2.05. The molecular formula is C14H19N3O4. The van der Waals surface area contributed by atoms with Crippen LogP contribution in [0.15, 0.2) is 18.2 Å². The van der Waals surface area contributed by atoms with E-state index in [0.29, 0.717) is 25.1 Å². The quantitative estimate of drug-likeness (QED) is 0.434. The minimum atomic E-state index is -0.555. The molecule has 0 saturated carbocycles. The zero-order valence-electron chi connectivity index (χ0n) is 12.4. The third-order valence-electron chi connectivity index (χ3n) is 3.23. The summed E-state index contributed by atoms with van der Waals surface area (Å²) in [4.78, 5) is 36.5. The first-order valence-corrected chi connectivity index (χ1v) is 6.67. The summed E-state index contributed by atoms with van der Waals surface area (Å²) in [6.45, 7) is 4.99. The highest BCUT2D eigenvalue weighted by Crippen LogP contribution is 2.28. The van der Waals surface area contributed by atoms with Crippen LogP contribution in [0.1, 0.15) is 24.2 Å². The van der Waals surface area contributed by atoms with Gasteiger partial charge in [-0.05, 0) is 26.0 Å². The smallest absolute Gasteiger partial charge is 0.293 e. The molecule has 0 bridgehead atoms. The van der Waals surface area contributed by atoms with Crippen LogP contribution in [-0.2, 0) is 4.79 Å². The number of anilines is 1. The highest BCUT2D eigenvalue weighted by molar-refractivity contribution is 5.84. The number of nitrogens with zero attached hydrogens (tertiary/aromatic N) is 3. The molecule has 0 atom stereocenters. The molecule has 0 unspecified atom stereocenters. The molecular weight excluding hydrogens is 274 g/mol. The molecule has 0 aromatic heterocycles. The van der Waals surface area contributed by atoms with Crippen LogP contribution in [0.3, 0.4) is 0 Å². The minimum Gasteiger partial charge on any atom is -0.360 e. The van der Waals surface area contributed by atoms with Crippen molar-refractivity contribution < 1.29 is 14.5 Å². The maximum atomic E-state index is 12.1. The number of benzene rings is 1. The Labute approximate surface area is 123 Å². The predicted molar refractivity (Wildman–Crippen MR) is 79.7 cm³/mol. The van der Waals surface area contributed by atoms with Crippen molar-refractivity contribution in [2.75, 3.05) is 31.6 Å². The maximum Gasteiger partial charge on any atom is 0.293 e. The van der Waals surface area contributed by atoms with Gasteiger partial charge in [0, 0.05) is 31.8 Å². The van der Waals surface area contributed by atoms with Crippen LogP contribution in [-0.4, -0.2) is 48.7 Å². The lowest BCUT2D eigenvalue weighted by molar-refractivity contribution is -0.384. The first-order valence-electron chi connectivity index (χ1n) is 6.67. The van der Waals surface area contributed by atoms with Crippen LogP contribution in [0.25, 0.3) is 0 Å². The highest BCUT2D eigenvalue weighted by atomic mass is 16.6. The van der Waals surface area contributed by atoms with Gasteiger partial charge in [-0.15, -0.1) is 0 Å². The van der Waals surface area contributed by atoms with Gasteiger partial charge in [-0.3, -0.25) is 19.7 Å². The zero-order valence-corrected chi connectivity index (χ0v) is 12.4. The third kappa shape index (κ3) is 4.01. The Bertz CT molecular complexity index is 541. The second-order valence-electron chi connectivity index (χ2n) is 4.55. The molecule has 1 aromatic carbocycles. The predicted octanol–water partition coefficient (Wildman–Crippen LogP) is 1.71. The van der Waals surface area contributed by atoms with Gasteiger partial charge in [0.2, 0.25) is 5.91 Å². The summed E-state index contributed by atoms with van der Waals surface area (Å²) >= 11 is 0. The Morgan fingerprint density at radius 2 is 1.95 bits per heavy atom. The van der Waals surface area contributed by atoms with Crippen LogP contribution in [0.4, 0.5) is 11.4 Å². The normalized spacial score (nSPS) is 10.0. The van der Waals surface area contributed by atoms with Crippen molar-refractivity contribution in [3.05, 3.63) is 33.9 Å². The Balaban J connectivity index is 3.01. The number of nitro groups is 1. The zero-order chi connectivity index (χ0) is 16.0. The lowest BCUT2D eigenvalue weighted by Gasteiger charge is -2.24. The Morgan fingerprint density at radius 3 is 2.43 bits per heavy atom. The largest absolute Gasteiger partial charge is 0.360 e. The van der Waals surface area contributed by atoms with Gasteiger partial charge in [0.15, 0.2) is 0 Å². The van der Waals surface area contributed by atoms with Crippen LogP contribution in [0.2, 0.25) is 0 Å². The van der Waals surface area contributed by atoms with Crippen molar-refractivity contribution in [1.29, 1.82) is 0 Å². The van der Waals surface area contributed by atoms with E-state index in [9.17, 15) is 19.7 Å². The van der Waals surface area contributed by atoms with Crippen LogP contribution < -0.4 is 4.90 Å². The van der Waals surface area contributed by atoms with Crippen molar-refractivity contribution >= 4 is 23.6 Å². The molecule has 0 N–H and O–H groups in total. The highest BCUT2D eigenvalue weighted by Gasteiger charge is 2.20. The molecule has 1 rings (SSSR count). The number of nitro benzene ring substituents is 1. The average molecular weight is 293 g/mol. The lowest BCUT2D eigenvalue weighted by Crippen LogP contribution is -2.39. The summed E-state index contributed by atoms with van der Waals surface area (Å²) in [5, 5.41) is 11.1. The number of carbonyl (C=O) groups excluding carboxylic acids is 2. The SMILES string of the molecule is CCN(CC)C(=O)CN(C)c1ccc(C=O)cc1[N+](=O)[O-]. The molecule has 7 nitrogen and oxygen atoms in total. The van der Waals surface area contributed by atoms with Crippen molar-refractivity contribution in [2.24, 2.45) is 0 Å². The summed E-state index contributed by atoms with van der Waals surface area (Å²) in [5.74, 6) is -0.101. The molecule has 0 heterocycles. The fourth-order valence-electron chi connectivity index (χ4n) is 2.05. The number of rotatable bonds is 7. The van der Waals surface area contributed by atoms with E-state index in [1.54, 1.807) is 11.9 Å². The third-order valence-corrected chi connectivity index (χ3v) is 3.23. The second kappa shape index (κ2) is 7.37. The molecule has 0 radical (unpaired) electrons. The van der Waals surface area contributed by atoms with Gasteiger partial charge in [0.1, 0.15) is 12.0 Å². The van der Waals surface area contributed by atoms with Crippen molar-refractivity contribution in [2.45, 2.75) is 13.8 Å². The van der Waals surface area contributed by atoms with Gasteiger partial charge in [-0.1, -0.05) is 0 Å². The number of hydrogen-bond acceptors (Lipinski definition) is 5. The molecule has 1 amide bonds. The number of hydrogen-bond donors (Lipinski definition) is 0. The summed E-state index contributed by atoms with van der Waals surface area (Å²) in [5.41, 5.74) is 0.356. The summed E-state index contributed by atoms with van der Waals surface area (Å²) in [6.07, 6.45) is 0.553. The first kappa shape index (κ1) is 16.6. The molecule has 1 aromatic rings. The molecule has 0 fully saturated rings. The molecule has 0 aliphatic heterocycles. The standard InChI is InChI=1S/C14H19N3O4/c1-4-16(5-2)14(19)9-15(3)12-7-6-11(10-18)8-13(12)17(20)21/h6-8,10H,4-5,9H2,1-3H3. The van der Waals surface area contributed by atoms with Crippen molar-refractivity contribution in [3.63, 3.8) is 0 Å². The fraction of sp³-hybridized carbons (Fsp3) is 0.429. The number of likely N-dealkylation sites (N-methyl/N-ethyl adjacent to an activating group) is 2. The topological polar surface area (TPSA) is 83.8 Å². The van der Waals surface area contributed by atoms with Gasteiger partial charge in [-0.2, -0.15) is 0 Å². The van der Waals surface area contributed by atoms with Gasteiger partial charge >= 0.3 is 0 Å². The second-order valence-corrected chi connectivity index (χ2v) is 4.55. The van der Waals surface area contributed by atoms with Gasteiger partial charge in [-0.25, -0.2) is 0 Å². The molecule has 0 spiro atoms. The minimum absolute atomic E-state index is 0.0446. The molecule has 7 heteroatoms. The van der Waals surface area contributed by atoms with E-state index in [-0.39, 0.29) is 23.7 Å². The average Bonchev–Trinajstić information content (AvgIpc) is 2.47. The molecule has 0 aliphatic carbocycles. The van der Waals surface area contributed by atoms with Gasteiger partial charge < -0.3 is 9.80 Å². The Morgan fingerprint density at radius 1 is 1.33 bits per heavy atom. The molecule has 0 saturated heterocycles. The van der Waals surface area contributed by atoms with Gasteiger partial charge in [0.05, 0.1) is 11.5 Å². The lowest BCUT2D eigenvalue weighted by atomic mass is 10.1. The van der Waals surface area contributed by atoms with Crippen LogP contribution in [0.5, 0.6) is 0 Å². The molecule has 21 heavy (non-hydrogen) atoms. The van der Waals surface area contributed by atoms with Crippen LogP contribution in [0, 0.1) is 10.1 Å². The van der Waals surface area contributed by atoms with Crippen molar-refractivity contribution in [1.82, 2.24) is 4.90 Å². The Hall–Kier alpha value is -2.44. The number of amides is 1.